The molecule has 2 N–H and O–H groups in total. The lowest BCUT2D eigenvalue weighted by Gasteiger charge is -2.26. The van der Waals surface area contributed by atoms with Crippen LogP contribution in [0.5, 0.6) is 5.75 Å². The smallest absolute Gasteiger partial charge is 0.124 e. The minimum Gasteiger partial charge on any atom is -0.508 e. The van der Waals surface area contributed by atoms with Gasteiger partial charge in [-0.2, -0.15) is 5.26 Å². The Morgan fingerprint density at radius 2 is 2.19 bits per heavy atom. The van der Waals surface area contributed by atoms with Gasteiger partial charge in [0, 0.05) is 18.7 Å². The number of ether oxygens (including phenoxy) is 1. The van der Waals surface area contributed by atoms with Crippen LogP contribution < -0.4 is 5.32 Å². The fourth-order valence-electron chi connectivity index (χ4n) is 2.50. The molecule has 0 amide bonds. The molecule has 5 nitrogen and oxygen atoms in total. The predicted octanol–water partition coefficient (Wildman–Crippen LogP) is 1.58. The van der Waals surface area contributed by atoms with Crippen molar-refractivity contribution in [3.05, 3.63) is 29.3 Å². The van der Waals surface area contributed by atoms with Gasteiger partial charge in [0.1, 0.15) is 11.8 Å². The second-order valence-electron chi connectivity index (χ2n) is 5.39. The molecule has 1 aromatic rings. The highest BCUT2D eigenvalue weighted by Crippen LogP contribution is 2.24. The van der Waals surface area contributed by atoms with Crippen LogP contribution in [0, 0.1) is 18.3 Å². The zero-order valence-electron chi connectivity index (χ0n) is 12.5. The second-order valence-corrected chi connectivity index (χ2v) is 5.39. The molecule has 0 radical (unpaired) electrons. The van der Waals surface area contributed by atoms with Crippen LogP contribution in [0.2, 0.25) is 0 Å². The molecular formula is C16H23N3O2. The molecule has 5 heteroatoms. The van der Waals surface area contributed by atoms with E-state index in [9.17, 15) is 10.4 Å². The molecule has 0 aromatic heterocycles. The number of rotatable bonds is 6. The fraction of sp³-hybridized carbons (Fsp3) is 0.562. The molecule has 114 valence electrons. The summed E-state index contributed by atoms with van der Waals surface area (Å²) >= 11 is 0. The maximum absolute atomic E-state index is 9.88. The number of benzene rings is 1. The maximum Gasteiger partial charge on any atom is 0.124 e. The highest BCUT2D eigenvalue weighted by atomic mass is 16.5. The summed E-state index contributed by atoms with van der Waals surface area (Å²) in [7, 11) is 0. The van der Waals surface area contributed by atoms with E-state index in [0.717, 1.165) is 51.4 Å². The van der Waals surface area contributed by atoms with Crippen LogP contribution >= 0.6 is 0 Å². The lowest BCUT2D eigenvalue weighted by Crippen LogP contribution is -2.37. The van der Waals surface area contributed by atoms with Crippen LogP contribution in [0.1, 0.15) is 23.6 Å². The van der Waals surface area contributed by atoms with Crippen molar-refractivity contribution in [3.63, 3.8) is 0 Å². The highest BCUT2D eigenvalue weighted by Gasteiger charge is 2.15. The standard InChI is InChI=1S/C16H23N3O2/c1-13-3-4-16(20)14(11-13)15(12-17)18-5-2-6-19-7-9-21-10-8-19/h3-4,11,15,18,20H,2,5-10H2,1H3. The Hall–Kier alpha value is -1.61. The van der Waals surface area contributed by atoms with E-state index in [1.807, 2.05) is 19.1 Å². The van der Waals surface area contributed by atoms with Crippen molar-refractivity contribution in [2.75, 3.05) is 39.4 Å². The summed E-state index contributed by atoms with van der Waals surface area (Å²) in [5, 5.41) is 22.4. The number of nitrogens with one attached hydrogen (secondary N) is 1. The zero-order valence-corrected chi connectivity index (χ0v) is 12.5. The van der Waals surface area contributed by atoms with Gasteiger partial charge in [0.15, 0.2) is 0 Å². The summed E-state index contributed by atoms with van der Waals surface area (Å²) in [5.74, 6) is 0.174. The van der Waals surface area contributed by atoms with Gasteiger partial charge in [0.25, 0.3) is 0 Å². The molecule has 1 fully saturated rings. The molecule has 21 heavy (non-hydrogen) atoms. The lowest BCUT2D eigenvalue weighted by atomic mass is 10.0. The summed E-state index contributed by atoms with van der Waals surface area (Å²) in [6.07, 6.45) is 0.977. The number of phenols is 1. The SMILES string of the molecule is Cc1ccc(O)c(C(C#N)NCCCN2CCOCC2)c1. The van der Waals surface area contributed by atoms with E-state index >= 15 is 0 Å². The van der Waals surface area contributed by atoms with Gasteiger partial charge in [-0.15, -0.1) is 0 Å². The van der Waals surface area contributed by atoms with Crippen molar-refractivity contribution >= 4 is 0 Å². The highest BCUT2D eigenvalue weighted by molar-refractivity contribution is 5.40. The van der Waals surface area contributed by atoms with Gasteiger partial charge < -0.3 is 9.84 Å². The number of aryl methyl sites for hydroxylation is 1. The Bertz CT molecular complexity index is 493. The number of morpholine rings is 1. The first kappa shape index (κ1) is 15.8. The predicted molar refractivity (Wildman–Crippen MR) is 81.1 cm³/mol. The Morgan fingerprint density at radius 3 is 2.90 bits per heavy atom. The molecule has 1 unspecified atom stereocenters. The van der Waals surface area contributed by atoms with Gasteiger partial charge >= 0.3 is 0 Å². The van der Waals surface area contributed by atoms with E-state index in [2.05, 4.69) is 16.3 Å². The van der Waals surface area contributed by atoms with Crippen LogP contribution in [0.4, 0.5) is 0 Å². The van der Waals surface area contributed by atoms with E-state index < -0.39 is 6.04 Å². The normalized spacial score (nSPS) is 17.3. The minimum atomic E-state index is -0.463. The maximum atomic E-state index is 9.88. The molecule has 1 aliphatic heterocycles. The van der Waals surface area contributed by atoms with Crippen molar-refractivity contribution in [1.29, 1.82) is 5.26 Å². The summed E-state index contributed by atoms with van der Waals surface area (Å²) in [5.41, 5.74) is 1.70. The molecule has 1 aromatic carbocycles. The van der Waals surface area contributed by atoms with Crippen LogP contribution in [0.15, 0.2) is 18.2 Å². The van der Waals surface area contributed by atoms with Crippen molar-refractivity contribution in [1.82, 2.24) is 10.2 Å². The molecule has 0 spiro atoms. The van der Waals surface area contributed by atoms with E-state index in [1.165, 1.54) is 0 Å². The van der Waals surface area contributed by atoms with E-state index in [-0.39, 0.29) is 5.75 Å². The van der Waals surface area contributed by atoms with Gasteiger partial charge in [-0.1, -0.05) is 11.6 Å². The Kier molecular flexibility index (Phi) is 6.00. The van der Waals surface area contributed by atoms with Crippen LogP contribution in [-0.4, -0.2) is 49.4 Å². The second kappa shape index (κ2) is 7.99. The first-order valence-electron chi connectivity index (χ1n) is 7.43. The third-order valence-electron chi connectivity index (χ3n) is 3.73. The Morgan fingerprint density at radius 1 is 1.43 bits per heavy atom. The van der Waals surface area contributed by atoms with Crippen LogP contribution in [-0.2, 0) is 4.74 Å². The summed E-state index contributed by atoms with van der Waals surface area (Å²) < 4.78 is 5.32. The average Bonchev–Trinajstić information content (AvgIpc) is 2.51. The third-order valence-corrected chi connectivity index (χ3v) is 3.73. The number of nitriles is 1. The average molecular weight is 289 g/mol. The summed E-state index contributed by atoms with van der Waals surface area (Å²) in [6.45, 7) is 7.31. The molecule has 1 atom stereocenters. The van der Waals surface area contributed by atoms with Gasteiger partial charge in [-0.3, -0.25) is 10.2 Å². The Labute approximate surface area is 126 Å². The summed E-state index contributed by atoms with van der Waals surface area (Å²) in [6, 6.07) is 7.10. The van der Waals surface area contributed by atoms with Crippen LogP contribution in [0.3, 0.4) is 0 Å². The number of nitrogens with zero attached hydrogens (tertiary/aromatic N) is 2. The van der Waals surface area contributed by atoms with E-state index in [4.69, 9.17) is 4.74 Å². The molecule has 2 rings (SSSR count). The van der Waals surface area contributed by atoms with E-state index in [1.54, 1.807) is 6.07 Å². The number of hydrogen-bond acceptors (Lipinski definition) is 5. The van der Waals surface area contributed by atoms with Crippen molar-refractivity contribution in [2.45, 2.75) is 19.4 Å². The van der Waals surface area contributed by atoms with Crippen molar-refractivity contribution in [3.8, 4) is 11.8 Å². The molecular weight excluding hydrogens is 266 g/mol. The van der Waals surface area contributed by atoms with Crippen molar-refractivity contribution in [2.24, 2.45) is 0 Å². The monoisotopic (exact) mass is 289 g/mol. The van der Waals surface area contributed by atoms with Gasteiger partial charge in [-0.25, -0.2) is 0 Å². The number of phenolic OH excluding ortho intramolecular Hbond substituents is 1. The van der Waals surface area contributed by atoms with Crippen LogP contribution in [0.25, 0.3) is 0 Å². The zero-order chi connectivity index (χ0) is 15.1. The molecule has 0 saturated carbocycles. The molecule has 0 aliphatic carbocycles. The molecule has 1 saturated heterocycles. The van der Waals surface area contributed by atoms with E-state index in [0.29, 0.717) is 5.56 Å². The summed E-state index contributed by atoms with van der Waals surface area (Å²) in [4.78, 5) is 2.37. The first-order valence-corrected chi connectivity index (χ1v) is 7.43. The topological polar surface area (TPSA) is 68.5 Å². The quantitative estimate of drug-likeness (QED) is 0.778. The molecule has 0 bridgehead atoms. The first-order chi connectivity index (χ1) is 10.2. The largest absolute Gasteiger partial charge is 0.508 e. The molecule has 1 aliphatic rings. The fourth-order valence-corrected chi connectivity index (χ4v) is 2.50. The van der Waals surface area contributed by atoms with Gasteiger partial charge in [0.2, 0.25) is 0 Å². The molecule has 1 heterocycles. The van der Waals surface area contributed by atoms with Gasteiger partial charge in [0.05, 0.1) is 19.3 Å². The number of hydrogen-bond donors (Lipinski definition) is 2. The van der Waals surface area contributed by atoms with Crippen molar-refractivity contribution < 1.29 is 9.84 Å². The van der Waals surface area contributed by atoms with Gasteiger partial charge in [-0.05, 0) is 38.6 Å². The number of aromatic hydroxyl groups is 1. The lowest BCUT2D eigenvalue weighted by molar-refractivity contribution is 0.0374. The third kappa shape index (κ3) is 4.71. The Balaban J connectivity index is 1.80. The minimum absolute atomic E-state index is 0.174.